The van der Waals surface area contributed by atoms with E-state index in [0.29, 0.717) is 5.75 Å². The van der Waals surface area contributed by atoms with Crippen LogP contribution in [0.1, 0.15) is 6.92 Å². The smallest absolute Gasteiger partial charge is 0.335 e. The van der Waals surface area contributed by atoms with E-state index in [1.54, 1.807) is 18.2 Å². The number of esters is 1. The van der Waals surface area contributed by atoms with E-state index >= 15 is 0 Å². The molecule has 2 aromatic carbocycles. The van der Waals surface area contributed by atoms with Crippen molar-refractivity contribution in [2.45, 2.75) is 6.92 Å². The fourth-order valence-corrected chi connectivity index (χ4v) is 1.50. The van der Waals surface area contributed by atoms with Gasteiger partial charge in [0, 0.05) is 6.08 Å². The average Bonchev–Trinajstić information content (AvgIpc) is 2.58. The molecule has 2 aromatic rings. The minimum atomic E-state index is -0.447. The van der Waals surface area contributed by atoms with Crippen molar-refractivity contribution in [2.24, 2.45) is 0 Å². The quantitative estimate of drug-likeness (QED) is 0.301. The highest BCUT2D eigenvalue weighted by atomic mass is 16.5. The molecule has 2 rings (SSSR count). The lowest BCUT2D eigenvalue weighted by molar-refractivity contribution is -0.129. The topological polar surface area (TPSA) is 63.6 Å². The molecule has 4 heteroatoms. The first-order chi connectivity index (χ1) is 11.1. The van der Waals surface area contributed by atoms with Crippen LogP contribution in [0.5, 0.6) is 5.75 Å². The monoisotopic (exact) mass is 312 g/mol. The van der Waals surface area contributed by atoms with E-state index in [9.17, 15) is 4.79 Å². The molecule has 0 heterocycles. The van der Waals surface area contributed by atoms with Crippen molar-refractivity contribution in [2.75, 3.05) is 0 Å². The Labute approximate surface area is 136 Å². The van der Waals surface area contributed by atoms with E-state index in [1.807, 2.05) is 49.4 Å². The van der Waals surface area contributed by atoms with Gasteiger partial charge in [-0.2, -0.15) is 0 Å². The Morgan fingerprint density at radius 3 is 1.87 bits per heavy atom. The summed E-state index contributed by atoms with van der Waals surface area (Å²) in [5.74, 6) is 0.0760. The largest absolute Gasteiger partial charge is 0.483 e. The summed E-state index contributed by atoms with van der Waals surface area (Å²) in [5, 5.41) is 6.89. The third kappa shape index (κ3) is 8.67. The summed E-state index contributed by atoms with van der Waals surface area (Å²) in [6.45, 7) is 8.35. The number of carbonyl (C=O) groups is 2. The molecule has 0 aliphatic carbocycles. The highest BCUT2D eigenvalue weighted by Crippen LogP contribution is 2.22. The molecule has 0 fully saturated rings. The normalized spacial score (nSPS) is 8.22. The van der Waals surface area contributed by atoms with Gasteiger partial charge >= 0.3 is 5.97 Å². The molecule has 1 N–H and O–H groups in total. The lowest BCUT2D eigenvalue weighted by Gasteiger charge is -2.04. The summed E-state index contributed by atoms with van der Waals surface area (Å²) in [6.07, 6.45) is 2.89. The van der Waals surface area contributed by atoms with Crippen LogP contribution in [0.4, 0.5) is 0 Å². The number of carbonyl (C=O) groups excluding carboxylic acids is 1. The fraction of sp³-hybridized carbons (Fsp3) is 0.0526. The van der Waals surface area contributed by atoms with Crippen molar-refractivity contribution in [1.29, 1.82) is 0 Å². The molecular weight excluding hydrogens is 292 g/mol. The summed E-state index contributed by atoms with van der Waals surface area (Å²) in [7, 11) is 0. The maximum absolute atomic E-state index is 11.0. The van der Waals surface area contributed by atoms with Crippen LogP contribution in [0, 0.1) is 0 Å². The number of carboxylic acid groups (broad SMARTS) is 1. The standard InChI is InChI=1S/C15H12O2.C3H6.CH2O2/c1-2-15(16)17-14-10-8-13(9-11-14)12-6-4-3-5-7-12;1-3-2;2-1-3/h2-11H,1H2;3H,1H2,2H3;1H,(H,2,3). The molecule has 0 saturated heterocycles. The summed E-state index contributed by atoms with van der Waals surface area (Å²) in [5.41, 5.74) is 2.22. The molecule has 0 atom stereocenters. The van der Waals surface area contributed by atoms with E-state index in [1.165, 1.54) is 0 Å². The Morgan fingerprint density at radius 2 is 1.43 bits per heavy atom. The van der Waals surface area contributed by atoms with Gasteiger partial charge in [-0.15, -0.1) is 6.58 Å². The second-order valence-corrected chi connectivity index (χ2v) is 4.03. The summed E-state index contributed by atoms with van der Waals surface area (Å²) < 4.78 is 5.00. The molecule has 0 unspecified atom stereocenters. The van der Waals surface area contributed by atoms with Crippen LogP contribution in [0.25, 0.3) is 11.1 Å². The van der Waals surface area contributed by atoms with Crippen LogP contribution in [0.15, 0.2) is 79.9 Å². The molecule has 0 radical (unpaired) electrons. The Kier molecular flexibility index (Phi) is 10.9. The van der Waals surface area contributed by atoms with Gasteiger partial charge in [0.15, 0.2) is 0 Å². The number of benzene rings is 2. The minimum Gasteiger partial charge on any atom is -0.483 e. The molecular formula is C19H20O4. The van der Waals surface area contributed by atoms with Crippen LogP contribution >= 0.6 is 0 Å². The van der Waals surface area contributed by atoms with Crippen LogP contribution in [-0.4, -0.2) is 17.5 Å². The summed E-state index contributed by atoms with van der Waals surface area (Å²) in [6, 6.07) is 17.4. The van der Waals surface area contributed by atoms with Crippen LogP contribution in [0.3, 0.4) is 0 Å². The highest BCUT2D eigenvalue weighted by Gasteiger charge is 2.00. The zero-order valence-corrected chi connectivity index (χ0v) is 13.0. The van der Waals surface area contributed by atoms with Gasteiger partial charge in [0.2, 0.25) is 0 Å². The molecule has 23 heavy (non-hydrogen) atoms. The predicted molar refractivity (Wildman–Crippen MR) is 92.3 cm³/mol. The van der Waals surface area contributed by atoms with Gasteiger partial charge < -0.3 is 9.84 Å². The van der Waals surface area contributed by atoms with Crippen molar-refractivity contribution in [3.05, 3.63) is 79.9 Å². The fourth-order valence-electron chi connectivity index (χ4n) is 1.50. The molecule has 0 spiro atoms. The highest BCUT2D eigenvalue weighted by molar-refractivity contribution is 5.83. The van der Waals surface area contributed by atoms with Gasteiger partial charge in [-0.3, -0.25) is 4.79 Å². The molecule has 4 nitrogen and oxygen atoms in total. The second-order valence-electron chi connectivity index (χ2n) is 4.03. The van der Waals surface area contributed by atoms with Gasteiger partial charge in [0.05, 0.1) is 0 Å². The van der Waals surface area contributed by atoms with Gasteiger partial charge in [0.1, 0.15) is 5.75 Å². The molecule has 0 aromatic heterocycles. The maximum atomic E-state index is 11.0. The van der Waals surface area contributed by atoms with E-state index < -0.39 is 5.97 Å². The number of hydrogen-bond acceptors (Lipinski definition) is 3. The molecule has 0 aliphatic heterocycles. The van der Waals surface area contributed by atoms with Crippen LogP contribution < -0.4 is 4.74 Å². The number of ether oxygens (including phenoxy) is 1. The Balaban J connectivity index is 0.000000704. The van der Waals surface area contributed by atoms with Gasteiger partial charge in [0.25, 0.3) is 6.47 Å². The number of allylic oxidation sites excluding steroid dienone is 1. The van der Waals surface area contributed by atoms with E-state index in [2.05, 4.69) is 13.2 Å². The van der Waals surface area contributed by atoms with Crippen molar-refractivity contribution in [1.82, 2.24) is 0 Å². The van der Waals surface area contributed by atoms with Crippen molar-refractivity contribution in [3.63, 3.8) is 0 Å². The molecule has 0 saturated carbocycles. The molecule has 120 valence electrons. The Morgan fingerprint density at radius 1 is 1.00 bits per heavy atom. The zero-order chi connectivity index (χ0) is 17.5. The number of hydrogen-bond donors (Lipinski definition) is 1. The van der Waals surface area contributed by atoms with Gasteiger partial charge in [-0.05, 0) is 30.2 Å². The molecule has 0 aliphatic rings. The predicted octanol–water partition coefficient (Wildman–Crippen LogP) is 4.34. The molecule has 0 bridgehead atoms. The Hall–Kier alpha value is -3.14. The average molecular weight is 312 g/mol. The minimum absolute atomic E-state index is 0.250. The van der Waals surface area contributed by atoms with E-state index in [-0.39, 0.29) is 6.47 Å². The number of rotatable bonds is 3. The van der Waals surface area contributed by atoms with Crippen molar-refractivity contribution < 1.29 is 19.4 Å². The van der Waals surface area contributed by atoms with E-state index in [4.69, 9.17) is 14.6 Å². The molecule has 0 amide bonds. The van der Waals surface area contributed by atoms with Crippen LogP contribution in [0.2, 0.25) is 0 Å². The lowest BCUT2D eigenvalue weighted by atomic mass is 10.1. The van der Waals surface area contributed by atoms with Crippen molar-refractivity contribution >= 4 is 12.4 Å². The second kappa shape index (κ2) is 12.6. The first-order valence-electron chi connectivity index (χ1n) is 6.77. The maximum Gasteiger partial charge on any atom is 0.335 e. The third-order valence-electron chi connectivity index (χ3n) is 2.35. The Bertz CT molecular complexity index is 595. The zero-order valence-electron chi connectivity index (χ0n) is 13.0. The first kappa shape index (κ1) is 19.9. The third-order valence-corrected chi connectivity index (χ3v) is 2.35. The van der Waals surface area contributed by atoms with Gasteiger partial charge in [-0.25, -0.2) is 4.79 Å². The lowest BCUT2D eigenvalue weighted by Crippen LogP contribution is -2.02. The van der Waals surface area contributed by atoms with Crippen molar-refractivity contribution in [3.8, 4) is 16.9 Å². The van der Waals surface area contributed by atoms with Crippen LogP contribution in [-0.2, 0) is 9.59 Å². The van der Waals surface area contributed by atoms with E-state index in [0.717, 1.165) is 17.2 Å². The first-order valence-corrected chi connectivity index (χ1v) is 6.77. The SMILES string of the molecule is C=CC.C=CC(=O)Oc1ccc(-c2ccccc2)cc1.O=CO. The summed E-state index contributed by atoms with van der Waals surface area (Å²) >= 11 is 0. The van der Waals surface area contributed by atoms with Gasteiger partial charge in [-0.1, -0.05) is 55.1 Å². The summed E-state index contributed by atoms with van der Waals surface area (Å²) in [4.78, 5) is 19.4.